The number of halogens is 4. The first-order chi connectivity index (χ1) is 22.7. The predicted molar refractivity (Wildman–Crippen MR) is 199 cm³/mol. The number of carbonyl (C=O) groups is 1. The maximum Gasteiger partial charge on any atom is 0.322 e. The molecule has 17 heteroatoms. The van der Waals surface area contributed by atoms with Crippen LogP contribution in [0.5, 0.6) is 0 Å². The molecule has 0 amide bonds. The standard InChI is InChI=1S/C31H36Br3ClN4O6S3/c32-23-6-4-22(5-7-23)16-27(31(40)41)37-47(42,43)24-17-26(34)30(36-19-24)38-12-8-20(9-13-38)2-1-3-21-10-14-39(15-11-21)48(44,45)28-18-25(33)29(35)46-28/h4-7,17-21,27,37H,1-3,8-16H2,(H,40,41). The first-order valence-electron chi connectivity index (χ1n) is 15.6. The van der Waals surface area contributed by atoms with E-state index in [2.05, 4.69) is 62.4 Å². The van der Waals surface area contributed by atoms with Crippen molar-refractivity contribution in [1.82, 2.24) is 14.0 Å². The Morgan fingerprint density at radius 1 is 0.958 bits per heavy atom. The number of anilines is 1. The van der Waals surface area contributed by atoms with Gasteiger partial charge in [-0.25, -0.2) is 21.8 Å². The Kier molecular flexibility index (Phi) is 13.1. The summed E-state index contributed by atoms with van der Waals surface area (Å²) in [6.07, 6.45) is 8.32. The first kappa shape index (κ1) is 38.1. The third-order valence-corrected chi connectivity index (χ3v) is 16.4. The lowest BCUT2D eigenvalue weighted by atomic mass is 9.87. The number of nitrogens with zero attached hydrogens (tertiary/aromatic N) is 3. The summed E-state index contributed by atoms with van der Waals surface area (Å²) in [6, 6.07) is 8.76. The largest absolute Gasteiger partial charge is 0.480 e. The number of hydrogen-bond donors (Lipinski definition) is 2. The summed E-state index contributed by atoms with van der Waals surface area (Å²) < 4.78 is 58.9. The van der Waals surface area contributed by atoms with Gasteiger partial charge in [0.2, 0.25) is 10.0 Å². The summed E-state index contributed by atoms with van der Waals surface area (Å²) in [4.78, 5) is 18.4. The highest BCUT2D eigenvalue weighted by Crippen LogP contribution is 2.37. The summed E-state index contributed by atoms with van der Waals surface area (Å²) in [5.74, 6) is 0.505. The molecule has 0 saturated carbocycles. The number of nitrogens with one attached hydrogen (secondary N) is 1. The maximum absolute atomic E-state index is 13.1. The average Bonchev–Trinajstić information content (AvgIpc) is 3.40. The number of aliphatic carboxylic acids is 1. The Hall–Kier alpha value is -1.11. The van der Waals surface area contributed by atoms with Crippen LogP contribution in [0.1, 0.15) is 50.5 Å². The molecule has 2 aliphatic heterocycles. The molecular weight excluding hydrogens is 896 g/mol. The van der Waals surface area contributed by atoms with E-state index in [4.69, 9.17) is 11.6 Å². The molecular formula is C31H36Br3ClN4O6S3. The summed E-state index contributed by atoms with van der Waals surface area (Å²) in [5, 5.41) is 9.70. The fourth-order valence-corrected chi connectivity index (χ4v) is 12.3. The SMILES string of the molecule is O=C(O)C(Cc1ccc(Br)cc1)NS(=O)(=O)c1cnc(N2CCC(CCCC3CCN(S(=O)(=O)c4cc(Br)c(Cl)s4)CC3)CC2)c(Br)c1. The fraction of sp³-hybridized carbons (Fsp3) is 0.484. The second-order valence-electron chi connectivity index (χ2n) is 12.2. The van der Waals surface area contributed by atoms with Crippen molar-refractivity contribution in [1.29, 1.82) is 0 Å². The number of rotatable bonds is 13. The molecule has 0 aliphatic carbocycles. The van der Waals surface area contributed by atoms with Gasteiger partial charge in [0.25, 0.3) is 10.0 Å². The molecule has 3 aromatic rings. The summed E-state index contributed by atoms with van der Waals surface area (Å²) in [7, 11) is -7.66. The van der Waals surface area contributed by atoms with Crippen LogP contribution in [0.4, 0.5) is 5.82 Å². The van der Waals surface area contributed by atoms with Gasteiger partial charge in [0.05, 0.1) is 4.47 Å². The molecule has 5 rings (SSSR count). The number of aromatic nitrogens is 1. The van der Waals surface area contributed by atoms with E-state index in [1.807, 2.05) is 0 Å². The van der Waals surface area contributed by atoms with Gasteiger partial charge in [-0.1, -0.05) is 58.9 Å². The molecule has 2 aliphatic rings. The van der Waals surface area contributed by atoms with Crippen molar-refractivity contribution in [2.24, 2.45) is 11.8 Å². The second kappa shape index (κ2) is 16.5. The molecule has 0 spiro atoms. The normalized spacial score (nSPS) is 17.9. The maximum atomic E-state index is 13.1. The number of piperidine rings is 2. The van der Waals surface area contributed by atoms with E-state index in [0.717, 1.165) is 73.8 Å². The van der Waals surface area contributed by atoms with Crippen LogP contribution < -0.4 is 9.62 Å². The minimum Gasteiger partial charge on any atom is -0.480 e. The van der Waals surface area contributed by atoms with Gasteiger partial charge in [-0.3, -0.25) is 4.79 Å². The Labute approximate surface area is 316 Å². The van der Waals surface area contributed by atoms with Crippen LogP contribution in [-0.4, -0.2) is 69.4 Å². The lowest BCUT2D eigenvalue weighted by Gasteiger charge is -2.34. The van der Waals surface area contributed by atoms with Crippen molar-refractivity contribution >= 4 is 103 Å². The number of hydrogen-bond acceptors (Lipinski definition) is 8. The molecule has 2 N–H and O–H groups in total. The van der Waals surface area contributed by atoms with Crippen molar-refractivity contribution in [3.05, 3.63) is 65.9 Å². The monoisotopic (exact) mass is 928 g/mol. The predicted octanol–water partition coefficient (Wildman–Crippen LogP) is 7.55. The van der Waals surface area contributed by atoms with Crippen LogP contribution in [0.3, 0.4) is 0 Å². The van der Waals surface area contributed by atoms with Gasteiger partial charge in [-0.05, 0) is 106 Å². The number of pyridine rings is 1. The molecule has 262 valence electrons. The Balaban J connectivity index is 1.07. The van der Waals surface area contributed by atoms with Crippen LogP contribution in [0.25, 0.3) is 0 Å². The van der Waals surface area contributed by atoms with Crippen molar-refractivity contribution in [2.45, 2.75) is 66.5 Å². The number of carboxylic acids is 1. The molecule has 4 heterocycles. The highest BCUT2D eigenvalue weighted by Gasteiger charge is 2.32. The number of benzene rings is 1. The van der Waals surface area contributed by atoms with Crippen LogP contribution in [0.15, 0.2) is 65.1 Å². The highest BCUT2D eigenvalue weighted by atomic mass is 79.9. The molecule has 1 atom stereocenters. The Morgan fingerprint density at radius 3 is 2.10 bits per heavy atom. The van der Waals surface area contributed by atoms with Crippen molar-refractivity contribution in [2.75, 3.05) is 31.1 Å². The van der Waals surface area contributed by atoms with Crippen LogP contribution in [0, 0.1) is 11.8 Å². The third kappa shape index (κ3) is 9.60. The van der Waals surface area contributed by atoms with Gasteiger partial charge in [-0.15, -0.1) is 11.3 Å². The van der Waals surface area contributed by atoms with Gasteiger partial charge in [0.1, 0.15) is 25.3 Å². The molecule has 1 aromatic carbocycles. The van der Waals surface area contributed by atoms with Gasteiger partial charge in [0.15, 0.2) is 0 Å². The third-order valence-electron chi connectivity index (χ3n) is 8.98. The van der Waals surface area contributed by atoms with Gasteiger partial charge >= 0.3 is 5.97 Å². The lowest BCUT2D eigenvalue weighted by Crippen LogP contribution is -2.42. The number of carboxylic acid groups (broad SMARTS) is 1. The first-order valence-corrected chi connectivity index (χ1v) is 22.1. The molecule has 2 saturated heterocycles. The Bertz CT molecular complexity index is 1790. The zero-order valence-corrected chi connectivity index (χ0v) is 33.8. The zero-order chi connectivity index (χ0) is 34.6. The van der Waals surface area contributed by atoms with Gasteiger partial charge in [0, 0.05) is 41.3 Å². The van der Waals surface area contributed by atoms with E-state index in [1.54, 1.807) is 34.6 Å². The van der Waals surface area contributed by atoms with Crippen molar-refractivity contribution < 1.29 is 26.7 Å². The van der Waals surface area contributed by atoms with Crippen LogP contribution in [-0.2, 0) is 31.3 Å². The quantitative estimate of drug-likeness (QED) is 0.180. The minimum absolute atomic E-state index is 0.00243. The van der Waals surface area contributed by atoms with E-state index < -0.39 is 32.1 Å². The summed E-state index contributed by atoms with van der Waals surface area (Å²) in [5.41, 5.74) is 0.690. The van der Waals surface area contributed by atoms with E-state index >= 15 is 0 Å². The molecule has 10 nitrogen and oxygen atoms in total. The topological polar surface area (TPSA) is 137 Å². The van der Waals surface area contributed by atoms with E-state index in [-0.39, 0.29) is 15.5 Å². The van der Waals surface area contributed by atoms with E-state index in [9.17, 15) is 26.7 Å². The fourth-order valence-electron chi connectivity index (χ4n) is 6.23. The number of thiophene rings is 1. The van der Waals surface area contributed by atoms with E-state index in [0.29, 0.717) is 49.6 Å². The Morgan fingerprint density at radius 2 is 1.56 bits per heavy atom. The molecule has 48 heavy (non-hydrogen) atoms. The molecule has 2 aromatic heterocycles. The van der Waals surface area contributed by atoms with Crippen molar-refractivity contribution in [3.8, 4) is 0 Å². The highest BCUT2D eigenvalue weighted by molar-refractivity contribution is 9.11. The number of sulfonamides is 2. The molecule has 2 fully saturated rings. The summed E-state index contributed by atoms with van der Waals surface area (Å²) >= 11 is 17.3. The van der Waals surface area contributed by atoms with Crippen molar-refractivity contribution in [3.63, 3.8) is 0 Å². The molecule has 0 bridgehead atoms. The van der Waals surface area contributed by atoms with E-state index in [1.165, 1.54) is 12.3 Å². The summed E-state index contributed by atoms with van der Waals surface area (Å²) in [6.45, 7) is 2.66. The minimum atomic E-state index is -4.14. The molecule has 1 unspecified atom stereocenters. The lowest BCUT2D eigenvalue weighted by molar-refractivity contribution is -0.138. The second-order valence-corrected chi connectivity index (χ2v) is 20.4. The zero-order valence-electron chi connectivity index (χ0n) is 25.8. The smallest absolute Gasteiger partial charge is 0.322 e. The molecule has 0 radical (unpaired) electrons. The van der Waals surface area contributed by atoms with Crippen LogP contribution in [0.2, 0.25) is 4.34 Å². The van der Waals surface area contributed by atoms with Gasteiger partial charge in [-0.2, -0.15) is 9.03 Å². The van der Waals surface area contributed by atoms with Gasteiger partial charge < -0.3 is 10.0 Å². The van der Waals surface area contributed by atoms with Crippen LogP contribution >= 0.6 is 70.7 Å². The average molecular weight is 932 g/mol.